The van der Waals surface area contributed by atoms with E-state index in [9.17, 15) is 4.21 Å². The smallest absolute Gasteiger partial charge is 0.0905 e. The highest BCUT2D eigenvalue weighted by atomic mass is 32.2. The lowest BCUT2D eigenvalue weighted by Gasteiger charge is -2.04. The SMILES string of the molecule is CC(N)=NCCC(C)S(C)=O. The fourth-order valence-electron chi connectivity index (χ4n) is 0.589. The summed E-state index contributed by atoms with van der Waals surface area (Å²) in [5, 5.41) is 0.220. The topological polar surface area (TPSA) is 55.4 Å². The molecular formula is C7H16N2OS. The predicted molar refractivity (Wildman–Crippen MR) is 50.3 cm³/mol. The second-order valence-electron chi connectivity index (χ2n) is 2.62. The van der Waals surface area contributed by atoms with E-state index < -0.39 is 10.8 Å². The zero-order valence-electron chi connectivity index (χ0n) is 7.33. The van der Waals surface area contributed by atoms with Gasteiger partial charge >= 0.3 is 0 Å². The Morgan fingerprint density at radius 2 is 2.27 bits per heavy atom. The molecule has 0 aliphatic carbocycles. The molecular weight excluding hydrogens is 160 g/mol. The zero-order chi connectivity index (χ0) is 8.85. The van der Waals surface area contributed by atoms with Crippen molar-refractivity contribution < 1.29 is 4.21 Å². The molecule has 0 amide bonds. The summed E-state index contributed by atoms with van der Waals surface area (Å²) in [4.78, 5) is 4.01. The first-order valence-electron chi connectivity index (χ1n) is 3.62. The predicted octanol–water partition coefficient (Wildman–Crippen LogP) is 0.521. The van der Waals surface area contributed by atoms with Crippen LogP contribution in [0, 0.1) is 0 Å². The van der Waals surface area contributed by atoms with Gasteiger partial charge < -0.3 is 5.73 Å². The van der Waals surface area contributed by atoms with Gasteiger partial charge in [0, 0.05) is 28.9 Å². The van der Waals surface area contributed by atoms with Crippen molar-refractivity contribution >= 4 is 16.6 Å². The number of hydrogen-bond donors (Lipinski definition) is 1. The van der Waals surface area contributed by atoms with Crippen molar-refractivity contribution in [1.82, 2.24) is 0 Å². The molecule has 3 nitrogen and oxygen atoms in total. The van der Waals surface area contributed by atoms with Crippen LogP contribution >= 0.6 is 0 Å². The molecule has 2 unspecified atom stereocenters. The molecule has 0 aromatic heterocycles. The first-order chi connectivity index (χ1) is 5.04. The maximum Gasteiger partial charge on any atom is 0.0905 e. The van der Waals surface area contributed by atoms with Crippen molar-refractivity contribution in [2.24, 2.45) is 10.7 Å². The van der Waals surface area contributed by atoms with E-state index in [2.05, 4.69) is 4.99 Å². The molecule has 0 spiro atoms. The zero-order valence-corrected chi connectivity index (χ0v) is 8.15. The molecule has 4 heteroatoms. The van der Waals surface area contributed by atoms with Crippen LogP contribution in [0.1, 0.15) is 20.3 Å². The van der Waals surface area contributed by atoms with Gasteiger partial charge in [-0.1, -0.05) is 6.92 Å². The summed E-state index contributed by atoms with van der Waals surface area (Å²) in [7, 11) is -0.735. The van der Waals surface area contributed by atoms with Gasteiger partial charge in [-0.3, -0.25) is 9.20 Å². The third-order valence-corrected chi connectivity index (χ3v) is 2.83. The molecule has 66 valence electrons. The van der Waals surface area contributed by atoms with Crippen molar-refractivity contribution in [2.75, 3.05) is 12.8 Å². The molecule has 0 aliphatic rings. The molecule has 2 atom stereocenters. The third kappa shape index (κ3) is 6.04. The molecule has 0 bridgehead atoms. The Hall–Kier alpha value is -0.380. The summed E-state index contributed by atoms with van der Waals surface area (Å²) in [5.41, 5.74) is 5.33. The first kappa shape index (κ1) is 10.6. The van der Waals surface area contributed by atoms with E-state index in [-0.39, 0.29) is 5.25 Å². The van der Waals surface area contributed by atoms with E-state index in [0.717, 1.165) is 6.42 Å². The Kier molecular flexibility index (Phi) is 5.11. The maximum atomic E-state index is 10.9. The summed E-state index contributed by atoms with van der Waals surface area (Å²) in [6.45, 7) is 4.40. The maximum absolute atomic E-state index is 10.9. The molecule has 0 rings (SSSR count). The van der Waals surface area contributed by atoms with Crippen LogP contribution < -0.4 is 5.73 Å². The highest BCUT2D eigenvalue weighted by molar-refractivity contribution is 7.84. The number of amidine groups is 1. The molecule has 0 radical (unpaired) electrons. The first-order valence-corrected chi connectivity index (χ1v) is 5.25. The van der Waals surface area contributed by atoms with Crippen molar-refractivity contribution in [2.45, 2.75) is 25.5 Å². The molecule has 0 saturated carbocycles. The normalized spacial score (nSPS) is 17.9. The second kappa shape index (κ2) is 5.29. The van der Waals surface area contributed by atoms with Gasteiger partial charge in [-0.25, -0.2) is 0 Å². The van der Waals surface area contributed by atoms with Crippen LogP contribution in [0.3, 0.4) is 0 Å². The van der Waals surface area contributed by atoms with Gasteiger partial charge in [0.05, 0.1) is 5.84 Å². The number of hydrogen-bond acceptors (Lipinski definition) is 2. The van der Waals surface area contributed by atoms with Gasteiger partial charge in [0.15, 0.2) is 0 Å². The Morgan fingerprint density at radius 1 is 1.73 bits per heavy atom. The van der Waals surface area contributed by atoms with Crippen LogP contribution in [0.2, 0.25) is 0 Å². The van der Waals surface area contributed by atoms with Crippen LogP contribution in [0.5, 0.6) is 0 Å². The van der Waals surface area contributed by atoms with Crippen LogP contribution in [0.4, 0.5) is 0 Å². The molecule has 11 heavy (non-hydrogen) atoms. The number of nitrogens with zero attached hydrogens (tertiary/aromatic N) is 1. The lowest BCUT2D eigenvalue weighted by molar-refractivity contribution is 0.670. The van der Waals surface area contributed by atoms with Crippen LogP contribution in [-0.4, -0.2) is 28.1 Å². The quantitative estimate of drug-likeness (QED) is 0.501. The van der Waals surface area contributed by atoms with Crippen molar-refractivity contribution in [1.29, 1.82) is 0 Å². The van der Waals surface area contributed by atoms with Gasteiger partial charge in [0.2, 0.25) is 0 Å². The summed E-state index contributed by atoms with van der Waals surface area (Å²) < 4.78 is 10.9. The summed E-state index contributed by atoms with van der Waals surface area (Å²) in [6.07, 6.45) is 2.56. The average molecular weight is 176 g/mol. The van der Waals surface area contributed by atoms with E-state index in [1.165, 1.54) is 0 Å². The van der Waals surface area contributed by atoms with Crippen LogP contribution in [0.15, 0.2) is 4.99 Å². The van der Waals surface area contributed by atoms with Crippen LogP contribution in [-0.2, 0) is 10.8 Å². The summed E-state index contributed by atoms with van der Waals surface area (Å²) >= 11 is 0. The fourth-order valence-corrected chi connectivity index (χ4v) is 1.03. The van der Waals surface area contributed by atoms with E-state index in [0.29, 0.717) is 12.4 Å². The number of rotatable bonds is 4. The molecule has 0 saturated heterocycles. The minimum absolute atomic E-state index is 0.220. The number of nitrogens with two attached hydrogens (primary N) is 1. The fraction of sp³-hybridized carbons (Fsp3) is 0.857. The van der Waals surface area contributed by atoms with E-state index >= 15 is 0 Å². The Bertz CT molecular complexity index is 164. The molecule has 0 aromatic carbocycles. The molecule has 0 heterocycles. The second-order valence-corrected chi connectivity index (χ2v) is 4.42. The monoisotopic (exact) mass is 176 g/mol. The van der Waals surface area contributed by atoms with Crippen molar-refractivity contribution in [3.05, 3.63) is 0 Å². The molecule has 0 aromatic rings. The minimum atomic E-state index is -0.735. The molecule has 0 fully saturated rings. The Morgan fingerprint density at radius 3 is 2.64 bits per heavy atom. The third-order valence-electron chi connectivity index (χ3n) is 1.46. The lowest BCUT2D eigenvalue weighted by atomic mass is 10.3. The summed E-state index contributed by atoms with van der Waals surface area (Å²) in [6, 6.07) is 0. The minimum Gasteiger partial charge on any atom is -0.388 e. The standard InChI is InChI=1S/C7H16N2OS/c1-6(11(3)10)4-5-9-7(2)8/h6H,4-5H2,1-3H3,(H2,8,9). The largest absolute Gasteiger partial charge is 0.388 e. The van der Waals surface area contributed by atoms with Gasteiger partial charge in [0.1, 0.15) is 0 Å². The van der Waals surface area contributed by atoms with Crippen molar-refractivity contribution in [3.63, 3.8) is 0 Å². The van der Waals surface area contributed by atoms with E-state index in [1.54, 1.807) is 13.2 Å². The van der Waals surface area contributed by atoms with Gasteiger partial charge in [-0.2, -0.15) is 0 Å². The summed E-state index contributed by atoms with van der Waals surface area (Å²) in [5.74, 6) is 0.596. The lowest BCUT2D eigenvalue weighted by Crippen LogP contribution is -2.12. The Balaban J connectivity index is 3.55. The van der Waals surface area contributed by atoms with Crippen molar-refractivity contribution in [3.8, 4) is 0 Å². The highest BCUT2D eigenvalue weighted by Gasteiger charge is 2.03. The molecule has 0 aliphatic heterocycles. The Labute approximate surface area is 70.5 Å². The van der Waals surface area contributed by atoms with Gasteiger partial charge in [-0.05, 0) is 13.3 Å². The van der Waals surface area contributed by atoms with E-state index in [1.807, 2.05) is 6.92 Å². The van der Waals surface area contributed by atoms with Gasteiger partial charge in [0.25, 0.3) is 0 Å². The molecule has 2 N–H and O–H groups in total. The van der Waals surface area contributed by atoms with Crippen LogP contribution in [0.25, 0.3) is 0 Å². The highest BCUT2D eigenvalue weighted by Crippen LogP contribution is 1.98. The average Bonchev–Trinajstić information content (AvgIpc) is 1.86. The number of aliphatic imine (C=N–C) groups is 1. The van der Waals surface area contributed by atoms with E-state index in [4.69, 9.17) is 5.73 Å². The van der Waals surface area contributed by atoms with Gasteiger partial charge in [-0.15, -0.1) is 0 Å².